The summed E-state index contributed by atoms with van der Waals surface area (Å²) in [6.45, 7) is 5.87. The van der Waals surface area contributed by atoms with Crippen LogP contribution in [0.5, 0.6) is 0 Å². The van der Waals surface area contributed by atoms with E-state index in [1.807, 2.05) is 11.4 Å². The molecule has 0 radical (unpaired) electrons. The Kier molecular flexibility index (Phi) is 5.59. The molecular weight excluding hydrogens is 370 g/mol. The molecule has 146 valence electrons. The normalized spacial score (nSPS) is 16.4. The summed E-state index contributed by atoms with van der Waals surface area (Å²) in [6, 6.07) is 12.7. The zero-order valence-corrected chi connectivity index (χ0v) is 17.1. The Balaban J connectivity index is 1.47. The van der Waals surface area contributed by atoms with Gasteiger partial charge >= 0.3 is 0 Å². The van der Waals surface area contributed by atoms with Crippen molar-refractivity contribution in [3.63, 3.8) is 0 Å². The molecule has 3 aromatic rings. The Morgan fingerprint density at radius 2 is 2.14 bits per heavy atom. The number of rotatable bonds is 6. The minimum atomic E-state index is -0.338. The first kappa shape index (κ1) is 18.9. The van der Waals surface area contributed by atoms with Gasteiger partial charge in [0, 0.05) is 35.5 Å². The Hall–Kier alpha value is -2.44. The molecule has 1 atom stereocenters. The summed E-state index contributed by atoms with van der Waals surface area (Å²) >= 11 is 1.46. The zero-order valence-electron chi connectivity index (χ0n) is 16.3. The summed E-state index contributed by atoms with van der Waals surface area (Å²) < 4.78 is 7.78. The van der Waals surface area contributed by atoms with Crippen LogP contribution in [0.4, 0.5) is 5.13 Å². The molecule has 28 heavy (non-hydrogen) atoms. The van der Waals surface area contributed by atoms with Crippen LogP contribution in [-0.4, -0.2) is 28.2 Å². The number of thiazole rings is 1. The molecule has 1 fully saturated rings. The first-order valence-electron chi connectivity index (χ1n) is 9.71. The SMILES string of the molecule is Cc1cc(-c2csc(NC(=O)C3CCCO3)n2)c(C)n1CCc1ccccc1. The van der Waals surface area contributed by atoms with Gasteiger partial charge in [-0.1, -0.05) is 30.3 Å². The van der Waals surface area contributed by atoms with Gasteiger partial charge in [-0.3, -0.25) is 10.1 Å². The molecule has 1 saturated heterocycles. The summed E-state index contributed by atoms with van der Waals surface area (Å²) in [5, 5.41) is 5.54. The van der Waals surface area contributed by atoms with Crippen LogP contribution in [0, 0.1) is 13.8 Å². The minimum Gasteiger partial charge on any atom is -0.368 e. The molecule has 0 spiro atoms. The summed E-state index contributed by atoms with van der Waals surface area (Å²) in [5.74, 6) is -0.0910. The first-order valence-corrected chi connectivity index (χ1v) is 10.6. The number of carbonyl (C=O) groups excluding carboxylic acids is 1. The quantitative estimate of drug-likeness (QED) is 0.664. The van der Waals surface area contributed by atoms with Gasteiger partial charge in [0.1, 0.15) is 6.10 Å². The van der Waals surface area contributed by atoms with Gasteiger partial charge in [0.2, 0.25) is 0 Å². The fourth-order valence-corrected chi connectivity index (χ4v) is 4.43. The van der Waals surface area contributed by atoms with Crippen molar-refractivity contribution in [1.82, 2.24) is 9.55 Å². The molecule has 1 N–H and O–H groups in total. The molecule has 4 rings (SSSR count). The third-order valence-electron chi connectivity index (χ3n) is 5.27. The standard InChI is InChI=1S/C22H25N3O2S/c1-15-13-18(16(2)25(15)11-10-17-7-4-3-5-8-17)19-14-28-22(23-19)24-21(26)20-9-6-12-27-20/h3-5,7-8,13-14,20H,6,9-12H2,1-2H3,(H,23,24,26). The van der Waals surface area contributed by atoms with Crippen LogP contribution in [0.15, 0.2) is 41.8 Å². The number of ether oxygens (including phenoxy) is 1. The van der Waals surface area contributed by atoms with Gasteiger partial charge in [-0.05, 0) is 44.7 Å². The average molecular weight is 396 g/mol. The Morgan fingerprint density at radius 1 is 1.32 bits per heavy atom. The zero-order chi connectivity index (χ0) is 19.5. The number of amides is 1. The van der Waals surface area contributed by atoms with Crippen LogP contribution in [-0.2, 0) is 22.5 Å². The third-order valence-corrected chi connectivity index (χ3v) is 6.03. The molecule has 0 saturated carbocycles. The van der Waals surface area contributed by atoms with Gasteiger partial charge in [0.05, 0.1) is 5.69 Å². The fraction of sp³-hybridized carbons (Fsp3) is 0.364. The molecule has 1 aromatic carbocycles. The molecule has 1 aliphatic rings. The minimum absolute atomic E-state index is 0.0910. The molecule has 0 aliphatic carbocycles. The topological polar surface area (TPSA) is 56.1 Å². The molecule has 0 bridgehead atoms. The van der Waals surface area contributed by atoms with E-state index in [-0.39, 0.29) is 12.0 Å². The van der Waals surface area contributed by atoms with Gasteiger partial charge in [-0.2, -0.15) is 0 Å². The van der Waals surface area contributed by atoms with E-state index in [0.29, 0.717) is 11.7 Å². The number of nitrogens with zero attached hydrogens (tertiary/aromatic N) is 2. The van der Waals surface area contributed by atoms with Crippen LogP contribution < -0.4 is 5.32 Å². The van der Waals surface area contributed by atoms with E-state index in [2.05, 4.69) is 59.0 Å². The average Bonchev–Trinajstić information content (AvgIpc) is 3.43. The molecular formula is C22H25N3O2S. The Bertz CT molecular complexity index is 956. The number of nitrogens with one attached hydrogen (secondary N) is 1. The van der Waals surface area contributed by atoms with Gasteiger partial charge in [0.15, 0.2) is 5.13 Å². The monoisotopic (exact) mass is 395 g/mol. The summed E-state index contributed by atoms with van der Waals surface area (Å²) in [7, 11) is 0. The molecule has 1 aliphatic heterocycles. The van der Waals surface area contributed by atoms with Gasteiger partial charge in [0.25, 0.3) is 5.91 Å². The highest BCUT2D eigenvalue weighted by Crippen LogP contribution is 2.30. The van der Waals surface area contributed by atoms with E-state index in [0.717, 1.165) is 37.1 Å². The number of carbonyl (C=O) groups is 1. The van der Waals surface area contributed by atoms with Crippen LogP contribution in [0.1, 0.15) is 29.8 Å². The second kappa shape index (κ2) is 8.29. The van der Waals surface area contributed by atoms with E-state index >= 15 is 0 Å². The molecule has 3 heterocycles. The fourth-order valence-electron chi connectivity index (χ4n) is 3.72. The molecule has 1 amide bonds. The Morgan fingerprint density at radius 3 is 2.89 bits per heavy atom. The maximum Gasteiger partial charge on any atom is 0.255 e. The lowest BCUT2D eigenvalue weighted by Gasteiger charge is -2.10. The Labute approximate surface area is 169 Å². The van der Waals surface area contributed by atoms with E-state index in [1.165, 1.54) is 28.3 Å². The maximum atomic E-state index is 12.2. The predicted molar refractivity (Wildman–Crippen MR) is 113 cm³/mol. The number of anilines is 1. The van der Waals surface area contributed by atoms with Crippen molar-refractivity contribution in [2.24, 2.45) is 0 Å². The van der Waals surface area contributed by atoms with Crippen molar-refractivity contribution >= 4 is 22.4 Å². The highest BCUT2D eigenvalue weighted by atomic mass is 32.1. The van der Waals surface area contributed by atoms with Gasteiger partial charge in [-0.25, -0.2) is 4.98 Å². The van der Waals surface area contributed by atoms with Crippen LogP contribution >= 0.6 is 11.3 Å². The molecule has 6 heteroatoms. The van der Waals surface area contributed by atoms with E-state index in [1.54, 1.807) is 0 Å². The lowest BCUT2D eigenvalue weighted by atomic mass is 10.1. The lowest BCUT2D eigenvalue weighted by Crippen LogP contribution is -2.26. The van der Waals surface area contributed by atoms with Crippen molar-refractivity contribution < 1.29 is 9.53 Å². The number of aromatic nitrogens is 2. The van der Waals surface area contributed by atoms with Crippen molar-refractivity contribution in [3.8, 4) is 11.3 Å². The van der Waals surface area contributed by atoms with Crippen LogP contribution in [0.3, 0.4) is 0 Å². The smallest absolute Gasteiger partial charge is 0.255 e. The third kappa shape index (κ3) is 4.03. The van der Waals surface area contributed by atoms with Crippen molar-refractivity contribution in [3.05, 3.63) is 58.7 Å². The van der Waals surface area contributed by atoms with Crippen molar-refractivity contribution in [1.29, 1.82) is 0 Å². The van der Waals surface area contributed by atoms with Crippen molar-refractivity contribution in [2.45, 2.75) is 45.8 Å². The molecule has 2 aromatic heterocycles. The summed E-state index contributed by atoms with van der Waals surface area (Å²) in [4.78, 5) is 16.9. The number of aryl methyl sites for hydroxylation is 2. The lowest BCUT2D eigenvalue weighted by molar-refractivity contribution is -0.124. The largest absolute Gasteiger partial charge is 0.368 e. The highest BCUT2D eigenvalue weighted by Gasteiger charge is 2.24. The van der Waals surface area contributed by atoms with E-state index in [9.17, 15) is 4.79 Å². The maximum absolute atomic E-state index is 12.2. The van der Waals surface area contributed by atoms with Crippen LogP contribution in [0.25, 0.3) is 11.3 Å². The van der Waals surface area contributed by atoms with Crippen LogP contribution in [0.2, 0.25) is 0 Å². The van der Waals surface area contributed by atoms with Gasteiger partial charge in [-0.15, -0.1) is 11.3 Å². The summed E-state index contributed by atoms with van der Waals surface area (Å²) in [6.07, 6.45) is 2.38. The predicted octanol–water partition coefficient (Wildman–Crippen LogP) is 4.59. The van der Waals surface area contributed by atoms with E-state index < -0.39 is 0 Å². The van der Waals surface area contributed by atoms with E-state index in [4.69, 9.17) is 4.74 Å². The van der Waals surface area contributed by atoms with Gasteiger partial charge < -0.3 is 9.30 Å². The molecule has 1 unspecified atom stereocenters. The first-order chi connectivity index (χ1) is 13.6. The number of hydrogen-bond donors (Lipinski definition) is 1. The second-order valence-electron chi connectivity index (χ2n) is 7.20. The second-order valence-corrected chi connectivity index (χ2v) is 8.06. The number of hydrogen-bond acceptors (Lipinski definition) is 4. The highest BCUT2D eigenvalue weighted by molar-refractivity contribution is 7.14. The molecule has 5 nitrogen and oxygen atoms in total. The summed E-state index contributed by atoms with van der Waals surface area (Å²) in [5.41, 5.74) is 5.80. The van der Waals surface area contributed by atoms with Crippen molar-refractivity contribution in [2.75, 3.05) is 11.9 Å². The number of benzene rings is 1.